The summed E-state index contributed by atoms with van der Waals surface area (Å²) in [5.41, 5.74) is 4.81. The van der Waals surface area contributed by atoms with Crippen molar-refractivity contribution >= 4 is 23.2 Å². The van der Waals surface area contributed by atoms with Crippen LogP contribution in [0, 0.1) is 25.5 Å². The van der Waals surface area contributed by atoms with Crippen LogP contribution in [0.3, 0.4) is 0 Å². The van der Waals surface area contributed by atoms with E-state index in [1.54, 1.807) is 22.7 Å². The molecule has 1 amide bonds. The first-order chi connectivity index (χ1) is 14.8. The molecule has 1 N–H and O–H groups in total. The van der Waals surface area contributed by atoms with Gasteiger partial charge in [0.2, 0.25) is 0 Å². The van der Waals surface area contributed by atoms with Crippen molar-refractivity contribution in [3.8, 4) is 0 Å². The van der Waals surface area contributed by atoms with E-state index in [1.807, 2.05) is 13.8 Å². The Kier molecular flexibility index (Phi) is 5.69. The molecule has 5 nitrogen and oxygen atoms in total. The Morgan fingerprint density at radius 1 is 1.10 bits per heavy atom. The van der Waals surface area contributed by atoms with Crippen LogP contribution in [0.4, 0.5) is 8.78 Å². The molecule has 0 aliphatic carbocycles. The summed E-state index contributed by atoms with van der Waals surface area (Å²) in [6.45, 7) is 4.00. The number of carbonyl (C=O) groups excluding carboxylic acids is 1. The van der Waals surface area contributed by atoms with Crippen molar-refractivity contribution < 1.29 is 13.6 Å². The number of carbonyl (C=O) groups is 1. The maximum atomic E-state index is 13.4. The fourth-order valence-electron chi connectivity index (χ4n) is 3.46. The van der Waals surface area contributed by atoms with Crippen molar-refractivity contribution in [2.75, 3.05) is 0 Å². The van der Waals surface area contributed by atoms with E-state index in [0.717, 1.165) is 28.1 Å². The fourth-order valence-corrected chi connectivity index (χ4v) is 3.70. The summed E-state index contributed by atoms with van der Waals surface area (Å²) < 4.78 is 28.0. The molecule has 0 atom stereocenters. The smallest absolute Gasteiger partial charge is 0.257 e. The van der Waals surface area contributed by atoms with Crippen LogP contribution < -0.4 is 5.32 Å². The molecule has 0 spiro atoms. The highest BCUT2D eigenvalue weighted by atomic mass is 35.5. The topological polar surface area (TPSA) is 59.3 Å². The van der Waals surface area contributed by atoms with Gasteiger partial charge in [-0.25, -0.2) is 18.3 Å². The highest BCUT2D eigenvalue weighted by molar-refractivity contribution is 6.31. The Morgan fingerprint density at radius 2 is 1.81 bits per heavy atom. The maximum absolute atomic E-state index is 13.4. The van der Waals surface area contributed by atoms with Crippen molar-refractivity contribution in [1.29, 1.82) is 0 Å². The van der Waals surface area contributed by atoms with Crippen LogP contribution in [0.15, 0.2) is 48.7 Å². The van der Waals surface area contributed by atoms with Gasteiger partial charge in [0.05, 0.1) is 6.20 Å². The molecule has 4 rings (SSSR count). The summed E-state index contributed by atoms with van der Waals surface area (Å²) in [6, 6.07) is 10.2. The van der Waals surface area contributed by atoms with Crippen molar-refractivity contribution in [1.82, 2.24) is 19.9 Å². The molecular formula is C23H19ClF2N4O. The highest BCUT2D eigenvalue weighted by Gasteiger charge is 2.19. The Hall–Kier alpha value is -3.32. The van der Waals surface area contributed by atoms with E-state index in [2.05, 4.69) is 15.4 Å². The quantitative estimate of drug-likeness (QED) is 0.485. The van der Waals surface area contributed by atoms with E-state index in [-0.39, 0.29) is 24.1 Å². The third kappa shape index (κ3) is 4.27. The molecule has 2 heterocycles. The fraction of sp³-hybridized carbons (Fsp3) is 0.174. The van der Waals surface area contributed by atoms with Crippen LogP contribution >= 0.6 is 11.6 Å². The number of amides is 1. The third-order valence-electron chi connectivity index (χ3n) is 5.20. The van der Waals surface area contributed by atoms with Crippen molar-refractivity contribution in [3.05, 3.63) is 99.0 Å². The molecular weight excluding hydrogens is 422 g/mol. The van der Waals surface area contributed by atoms with E-state index < -0.39 is 0 Å². The molecule has 0 radical (unpaired) electrons. The molecule has 0 saturated heterocycles. The Labute approximate surface area is 182 Å². The lowest BCUT2D eigenvalue weighted by atomic mass is 10.0. The molecule has 31 heavy (non-hydrogen) atoms. The standard InChI is InChI=1S/C23H19ClF2N4O/c1-13-19(9-16-5-8-18(26)10-21(16)24)14(2)30-22(29-13)20(12-28-30)23(31)27-11-15-3-6-17(25)7-4-15/h3-8,10,12H,9,11H2,1-2H3,(H,27,31). The number of benzene rings is 2. The van der Waals surface area contributed by atoms with Gasteiger partial charge in [-0.3, -0.25) is 4.79 Å². The minimum absolute atomic E-state index is 0.259. The average molecular weight is 441 g/mol. The van der Waals surface area contributed by atoms with Gasteiger partial charge in [0, 0.05) is 29.4 Å². The van der Waals surface area contributed by atoms with Crippen molar-refractivity contribution in [3.63, 3.8) is 0 Å². The number of hydrogen-bond donors (Lipinski definition) is 1. The van der Waals surface area contributed by atoms with E-state index in [4.69, 9.17) is 11.6 Å². The molecule has 4 aromatic rings. The number of rotatable bonds is 5. The van der Waals surface area contributed by atoms with Gasteiger partial charge in [0.15, 0.2) is 5.65 Å². The van der Waals surface area contributed by atoms with Crippen LogP contribution in [0.1, 0.15) is 38.4 Å². The highest BCUT2D eigenvalue weighted by Crippen LogP contribution is 2.25. The van der Waals surface area contributed by atoms with Crippen molar-refractivity contribution in [2.24, 2.45) is 0 Å². The number of fused-ring (bicyclic) bond motifs is 1. The number of nitrogens with one attached hydrogen (secondary N) is 1. The number of aryl methyl sites for hydroxylation is 2. The second-order valence-electron chi connectivity index (χ2n) is 7.28. The number of hydrogen-bond acceptors (Lipinski definition) is 3. The van der Waals surface area contributed by atoms with Gasteiger partial charge in [0.1, 0.15) is 17.2 Å². The first-order valence-electron chi connectivity index (χ1n) is 9.64. The molecule has 158 valence electrons. The molecule has 0 unspecified atom stereocenters. The summed E-state index contributed by atoms with van der Waals surface area (Å²) >= 11 is 6.19. The molecule has 0 bridgehead atoms. The monoisotopic (exact) mass is 440 g/mol. The summed E-state index contributed by atoms with van der Waals surface area (Å²) in [5.74, 6) is -1.04. The maximum Gasteiger partial charge on any atom is 0.257 e. The summed E-state index contributed by atoms with van der Waals surface area (Å²) in [4.78, 5) is 17.3. The minimum Gasteiger partial charge on any atom is -0.348 e. The lowest BCUT2D eigenvalue weighted by Gasteiger charge is -2.13. The molecule has 2 aromatic carbocycles. The van der Waals surface area contributed by atoms with Crippen molar-refractivity contribution in [2.45, 2.75) is 26.8 Å². The number of nitrogens with zero attached hydrogens (tertiary/aromatic N) is 3. The molecule has 2 aromatic heterocycles. The Morgan fingerprint density at radius 3 is 2.52 bits per heavy atom. The second-order valence-corrected chi connectivity index (χ2v) is 7.68. The molecule has 8 heteroatoms. The predicted octanol–water partition coefficient (Wildman–Crippen LogP) is 4.80. The third-order valence-corrected chi connectivity index (χ3v) is 5.55. The molecule has 0 fully saturated rings. The summed E-state index contributed by atoms with van der Waals surface area (Å²) in [6.07, 6.45) is 1.94. The Bertz CT molecular complexity index is 1290. The SMILES string of the molecule is Cc1nc2c(C(=O)NCc3ccc(F)cc3)cnn2c(C)c1Cc1ccc(F)cc1Cl. The largest absolute Gasteiger partial charge is 0.348 e. The lowest BCUT2D eigenvalue weighted by molar-refractivity contribution is 0.0952. The van der Waals surface area contributed by atoms with E-state index in [9.17, 15) is 13.6 Å². The normalized spacial score (nSPS) is 11.1. The van der Waals surface area contributed by atoms with Crippen LogP contribution in [0.2, 0.25) is 5.02 Å². The summed E-state index contributed by atoms with van der Waals surface area (Å²) in [7, 11) is 0. The zero-order chi connectivity index (χ0) is 22.1. The Balaban J connectivity index is 1.61. The second kappa shape index (κ2) is 8.43. The molecule has 0 saturated carbocycles. The van der Waals surface area contributed by atoms with Gasteiger partial charge in [-0.05, 0) is 54.8 Å². The zero-order valence-corrected chi connectivity index (χ0v) is 17.7. The number of halogens is 3. The molecule has 0 aliphatic rings. The van der Waals surface area contributed by atoms with E-state index in [1.165, 1.54) is 30.5 Å². The minimum atomic E-state index is -0.390. The average Bonchev–Trinajstić information content (AvgIpc) is 3.16. The van der Waals surface area contributed by atoms with Crippen LogP contribution in [-0.4, -0.2) is 20.5 Å². The first-order valence-corrected chi connectivity index (χ1v) is 10.0. The first kappa shape index (κ1) is 20.9. The van der Waals surface area contributed by atoms with Gasteiger partial charge in [-0.15, -0.1) is 0 Å². The van der Waals surface area contributed by atoms with Crippen LogP contribution in [0.25, 0.3) is 5.65 Å². The zero-order valence-electron chi connectivity index (χ0n) is 16.9. The van der Waals surface area contributed by atoms with E-state index >= 15 is 0 Å². The van der Waals surface area contributed by atoms with Gasteiger partial charge >= 0.3 is 0 Å². The predicted molar refractivity (Wildman–Crippen MR) is 114 cm³/mol. The van der Waals surface area contributed by atoms with Gasteiger partial charge in [-0.1, -0.05) is 29.8 Å². The van der Waals surface area contributed by atoms with E-state index in [0.29, 0.717) is 22.7 Å². The van der Waals surface area contributed by atoms with Gasteiger partial charge in [0.25, 0.3) is 5.91 Å². The lowest BCUT2D eigenvalue weighted by Crippen LogP contribution is -2.23. The van der Waals surface area contributed by atoms with Gasteiger partial charge in [-0.2, -0.15) is 5.10 Å². The van der Waals surface area contributed by atoms with Gasteiger partial charge < -0.3 is 5.32 Å². The van der Waals surface area contributed by atoms with Crippen LogP contribution in [0.5, 0.6) is 0 Å². The number of aromatic nitrogens is 3. The van der Waals surface area contributed by atoms with Crippen LogP contribution in [-0.2, 0) is 13.0 Å². The molecule has 0 aliphatic heterocycles. The summed E-state index contributed by atoms with van der Waals surface area (Å²) in [5, 5.41) is 7.50.